The van der Waals surface area contributed by atoms with Crippen LogP contribution < -0.4 is 10.1 Å². The summed E-state index contributed by atoms with van der Waals surface area (Å²) >= 11 is 0. The lowest BCUT2D eigenvalue weighted by Crippen LogP contribution is -2.31. The van der Waals surface area contributed by atoms with Crippen LogP contribution >= 0.6 is 0 Å². The van der Waals surface area contributed by atoms with Crippen LogP contribution in [0, 0.1) is 5.82 Å². The third kappa shape index (κ3) is 3.82. The van der Waals surface area contributed by atoms with Gasteiger partial charge >= 0.3 is 0 Å². The van der Waals surface area contributed by atoms with Crippen molar-refractivity contribution in [3.63, 3.8) is 0 Å². The number of rotatable bonds is 4. The van der Waals surface area contributed by atoms with Crippen LogP contribution in [0.2, 0.25) is 0 Å². The van der Waals surface area contributed by atoms with Crippen molar-refractivity contribution in [2.45, 2.75) is 19.5 Å². The number of hydrogen-bond donors (Lipinski definition) is 1. The van der Waals surface area contributed by atoms with Crippen LogP contribution in [0.3, 0.4) is 0 Å². The molecule has 3 heterocycles. The molecule has 0 radical (unpaired) electrons. The van der Waals surface area contributed by atoms with Gasteiger partial charge in [0.05, 0.1) is 37.2 Å². The molecular weight excluding hydrogens is 381 g/mol. The van der Waals surface area contributed by atoms with Crippen LogP contribution in [0.15, 0.2) is 41.1 Å². The minimum atomic E-state index is -0.448. The van der Waals surface area contributed by atoms with Gasteiger partial charge in [-0.05, 0) is 29.8 Å². The van der Waals surface area contributed by atoms with Gasteiger partial charge in [0.15, 0.2) is 0 Å². The fourth-order valence-corrected chi connectivity index (χ4v) is 3.18. The number of ether oxygens (including phenoxy) is 1. The monoisotopic (exact) mass is 399 g/mol. The van der Waals surface area contributed by atoms with E-state index in [1.807, 2.05) is 0 Å². The molecule has 29 heavy (non-hydrogen) atoms. The molecule has 1 aliphatic rings. The van der Waals surface area contributed by atoms with Gasteiger partial charge in [0.1, 0.15) is 5.82 Å². The molecule has 3 aromatic rings. The molecule has 0 fully saturated rings. The molecule has 1 N–H and O–H groups in total. The van der Waals surface area contributed by atoms with E-state index in [1.54, 1.807) is 15.6 Å². The number of halogens is 1. The number of fused-ring (bicyclic) bond motifs is 1. The molecule has 0 saturated carbocycles. The van der Waals surface area contributed by atoms with Crippen LogP contribution in [-0.2, 0) is 13.1 Å². The van der Waals surface area contributed by atoms with Gasteiger partial charge in [-0.2, -0.15) is 5.10 Å². The summed E-state index contributed by atoms with van der Waals surface area (Å²) in [5.74, 6) is -0.959. The average molecular weight is 399 g/mol. The van der Waals surface area contributed by atoms with Gasteiger partial charge in [-0.15, -0.1) is 0 Å². The molecule has 9 nitrogen and oxygen atoms in total. The number of carbonyl (C=O) groups excluding carboxylic acids is 2. The standard InChI is InChI=1S/C19H18FN5O4/c1-28-17-9-16(29-23-17)19(27)24-6-3-7-25-15(11-24)14(10-21-25)18(26)22-13-5-2-4-12(20)8-13/h2,4-5,8-10H,3,6-7,11H2,1H3,(H,22,26). The number of nitrogens with zero attached hydrogens (tertiary/aromatic N) is 4. The highest BCUT2D eigenvalue weighted by Crippen LogP contribution is 2.21. The van der Waals surface area contributed by atoms with Crippen molar-refractivity contribution in [2.24, 2.45) is 0 Å². The molecule has 10 heteroatoms. The maximum atomic E-state index is 13.4. The highest BCUT2D eigenvalue weighted by molar-refractivity contribution is 6.05. The van der Waals surface area contributed by atoms with Crippen LogP contribution in [0.4, 0.5) is 10.1 Å². The van der Waals surface area contributed by atoms with Gasteiger partial charge in [0, 0.05) is 18.8 Å². The molecule has 0 atom stereocenters. The Morgan fingerprint density at radius 1 is 1.28 bits per heavy atom. The summed E-state index contributed by atoms with van der Waals surface area (Å²) in [6.45, 7) is 1.20. The summed E-state index contributed by atoms with van der Waals surface area (Å²) in [6.07, 6.45) is 2.12. The number of hydrogen-bond acceptors (Lipinski definition) is 6. The van der Waals surface area contributed by atoms with Crippen LogP contribution in [0.5, 0.6) is 5.88 Å². The maximum absolute atomic E-state index is 13.4. The van der Waals surface area contributed by atoms with E-state index in [9.17, 15) is 14.0 Å². The minimum absolute atomic E-state index is 0.0561. The number of aryl methyl sites for hydroxylation is 1. The largest absolute Gasteiger partial charge is 0.479 e. The summed E-state index contributed by atoms with van der Waals surface area (Å²) < 4.78 is 25.1. The number of methoxy groups -OCH3 is 1. The van der Waals surface area contributed by atoms with E-state index < -0.39 is 11.7 Å². The van der Waals surface area contributed by atoms with E-state index >= 15 is 0 Å². The Labute approximate surface area is 165 Å². The summed E-state index contributed by atoms with van der Waals surface area (Å²) in [5, 5.41) is 10.6. The zero-order chi connectivity index (χ0) is 20.4. The highest BCUT2D eigenvalue weighted by atomic mass is 19.1. The quantitative estimate of drug-likeness (QED) is 0.722. The summed E-state index contributed by atoms with van der Waals surface area (Å²) in [4.78, 5) is 27.1. The Balaban J connectivity index is 1.56. The molecule has 2 amide bonds. The van der Waals surface area contributed by atoms with E-state index in [0.29, 0.717) is 36.5 Å². The third-order valence-electron chi connectivity index (χ3n) is 4.61. The molecule has 0 spiro atoms. The number of nitrogens with one attached hydrogen (secondary N) is 1. The molecule has 0 unspecified atom stereocenters. The van der Waals surface area contributed by atoms with Crippen molar-refractivity contribution in [1.29, 1.82) is 0 Å². The average Bonchev–Trinajstić information content (AvgIpc) is 3.29. The van der Waals surface area contributed by atoms with Crippen molar-refractivity contribution in [3.05, 3.63) is 59.4 Å². The number of amides is 2. The lowest BCUT2D eigenvalue weighted by atomic mass is 10.2. The fraction of sp³-hybridized carbons (Fsp3) is 0.263. The molecule has 2 aromatic heterocycles. The molecule has 4 rings (SSSR count). The summed E-state index contributed by atoms with van der Waals surface area (Å²) in [7, 11) is 1.43. The van der Waals surface area contributed by atoms with Gasteiger partial charge in [0.25, 0.3) is 17.7 Å². The maximum Gasteiger partial charge on any atom is 0.292 e. The molecular formula is C19H18FN5O4. The van der Waals surface area contributed by atoms with Crippen molar-refractivity contribution < 1.29 is 23.2 Å². The van der Waals surface area contributed by atoms with Gasteiger partial charge in [0.2, 0.25) is 5.76 Å². The van der Waals surface area contributed by atoms with Gasteiger partial charge in [-0.3, -0.25) is 14.3 Å². The van der Waals surface area contributed by atoms with Crippen LogP contribution in [0.1, 0.15) is 33.0 Å². The normalized spacial score (nSPS) is 13.5. The lowest BCUT2D eigenvalue weighted by molar-refractivity contribution is 0.0701. The third-order valence-corrected chi connectivity index (χ3v) is 4.61. The zero-order valence-corrected chi connectivity index (χ0v) is 15.6. The Kier molecular flexibility index (Phi) is 4.98. The zero-order valence-electron chi connectivity index (χ0n) is 15.6. The predicted molar refractivity (Wildman–Crippen MR) is 99.0 cm³/mol. The number of anilines is 1. The summed E-state index contributed by atoms with van der Waals surface area (Å²) in [5.41, 5.74) is 1.26. The smallest absolute Gasteiger partial charge is 0.292 e. The topological polar surface area (TPSA) is 102 Å². The van der Waals surface area contributed by atoms with Crippen molar-refractivity contribution >= 4 is 17.5 Å². The van der Waals surface area contributed by atoms with E-state index in [2.05, 4.69) is 15.6 Å². The second-order valence-electron chi connectivity index (χ2n) is 6.51. The van der Waals surface area contributed by atoms with Gasteiger partial charge in [-0.25, -0.2) is 4.39 Å². The first-order valence-corrected chi connectivity index (χ1v) is 8.96. The molecule has 0 bridgehead atoms. The molecule has 0 saturated heterocycles. The van der Waals surface area contributed by atoms with Crippen molar-refractivity contribution in [3.8, 4) is 5.88 Å². The highest BCUT2D eigenvalue weighted by Gasteiger charge is 2.27. The second kappa shape index (κ2) is 7.74. The molecule has 1 aliphatic heterocycles. The Hall–Kier alpha value is -3.69. The molecule has 0 aliphatic carbocycles. The van der Waals surface area contributed by atoms with Gasteiger partial charge < -0.3 is 19.5 Å². The van der Waals surface area contributed by atoms with E-state index in [0.717, 1.165) is 0 Å². The van der Waals surface area contributed by atoms with Crippen molar-refractivity contribution in [1.82, 2.24) is 19.8 Å². The Bertz CT molecular complexity index is 1060. The Morgan fingerprint density at radius 2 is 2.14 bits per heavy atom. The first-order chi connectivity index (χ1) is 14.0. The fourth-order valence-electron chi connectivity index (χ4n) is 3.18. The van der Waals surface area contributed by atoms with E-state index in [-0.39, 0.29) is 24.1 Å². The van der Waals surface area contributed by atoms with E-state index in [1.165, 1.54) is 37.6 Å². The predicted octanol–water partition coefficient (Wildman–Crippen LogP) is 2.32. The summed E-state index contributed by atoms with van der Waals surface area (Å²) in [6, 6.07) is 7.05. The van der Waals surface area contributed by atoms with Gasteiger partial charge in [-0.1, -0.05) is 6.07 Å². The van der Waals surface area contributed by atoms with Crippen LogP contribution in [-0.4, -0.2) is 45.3 Å². The number of carbonyl (C=O) groups is 2. The van der Waals surface area contributed by atoms with Crippen LogP contribution in [0.25, 0.3) is 0 Å². The first-order valence-electron chi connectivity index (χ1n) is 8.96. The SMILES string of the molecule is COc1cc(C(=O)N2CCCn3ncc(C(=O)Nc4cccc(F)c4)c3C2)on1. The minimum Gasteiger partial charge on any atom is -0.479 e. The van der Waals surface area contributed by atoms with Crippen molar-refractivity contribution in [2.75, 3.05) is 19.0 Å². The number of benzene rings is 1. The lowest BCUT2D eigenvalue weighted by Gasteiger charge is -2.18. The first kappa shape index (κ1) is 18.7. The Morgan fingerprint density at radius 3 is 2.90 bits per heavy atom. The van der Waals surface area contributed by atoms with E-state index in [4.69, 9.17) is 9.26 Å². The molecule has 150 valence electrons. The molecule has 1 aromatic carbocycles. The number of aromatic nitrogens is 3. The second-order valence-corrected chi connectivity index (χ2v) is 6.51.